The summed E-state index contributed by atoms with van der Waals surface area (Å²) < 4.78 is 5.00. The van der Waals surface area contributed by atoms with Crippen LogP contribution < -0.4 is 4.74 Å². The van der Waals surface area contributed by atoms with E-state index in [1.165, 1.54) is 13.0 Å². The highest BCUT2D eigenvalue weighted by molar-refractivity contribution is 6.43. The van der Waals surface area contributed by atoms with Crippen molar-refractivity contribution in [2.24, 2.45) is 0 Å². The SMILES string of the molecule is Cc1c(OCC#N)cc(Cl)c(Cl)c1[N+](=O)[O-]. The number of hydrogen-bond acceptors (Lipinski definition) is 4. The Kier molecular flexibility index (Phi) is 3.93. The van der Waals surface area contributed by atoms with Crippen molar-refractivity contribution in [3.63, 3.8) is 0 Å². The van der Waals surface area contributed by atoms with Gasteiger partial charge in [-0.1, -0.05) is 23.2 Å². The van der Waals surface area contributed by atoms with Gasteiger partial charge in [0.05, 0.1) is 15.5 Å². The summed E-state index contributed by atoms with van der Waals surface area (Å²) in [5.74, 6) is 0.183. The van der Waals surface area contributed by atoms with Crippen molar-refractivity contribution in [3.05, 3.63) is 31.8 Å². The molecule has 1 rings (SSSR count). The lowest BCUT2D eigenvalue weighted by Gasteiger charge is -2.08. The maximum absolute atomic E-state index is 10.8. The van der Waals surface area contributed by atoms with E-state index in [9.17, 15) is 10.1 Å². The van der Waals surface area contributed by atoms with Gasteiger partial charge < -0.3 is 4.74 Å². The van der Waals surface area contributed by atoms with Crippen LogP contribution in [-0.4, -0.2) is 11.5 Å². The summed E-state index contributed by atoms with van der Waals surface area (Å²) in [5, 5.41) is 19.0. The minimum absolute atomic E-state index is 0.0203. The number of rotatable bonds is 3. The van der Waals surface area contributed by atoms with Crippen molar-refractivity contribution in [1.29, 1.82) is 5.26 Å². The molecule has 0 radical (unpaired) electrons. The van der Waals surface area contributed by atoms with Gasteiger partial charge in [-0.3, -0.25) is 10.1 Å². The molecule has 0 saturated heterocycles. The highest BCUT2D eigenvalue weighted by Gasteiger charge is 2.23. The molecule has 0 fully saturated rings. The molecule has 0 N–H and O–H groups in total. The first-order chi connectivity index (χ1) is 7.49. The fourth-order valence-electron chi connectivity index (χ4n) is 1.16. The minimum Gasteiger partial charge on any atom is -0.478 e. The van der Waals surface area contributed by atoms with E-state index in [4.69, 9.17) is 33.2 Å². The minimum atomic E-state index is -0.636. The molecule has 0 spiro atoms. The van der Waals surface area contributed by atoms with Crippen molar-refractivity contribution >= 4 is 28.9 Å². The van der Waals surface area contributed by atoms with Crippen molar-refractivity contribution in [1.82, 2.24) is 0 Å². The van der Waals surface area contributed by atoms with Gasteiger partial charge in [0.25, 0.3) is 5.69 Å². The summed E-state index contributed by atoms with van der Waals surface area (Å²) in [7, 11) is 0. The lowest BCUT2D eigenvalue weighted by molar-refractivity contribution is -0.385. The van der Waals surface area contributed by atoms with Crippen molar-refractivity contribution < 1.29 is 9.66 Å². The molecule has 84 valence electrons. The highest BCUT2D eigenvalue weighted by Crippen LogP contribution is 2.39. The average Bonchev–Trinajstić information content (AvgIpc) is 2.21. The molecular weight excluding hydrogens is 255 g/mol. The lowest BCUT2D eigenvalue weighted by atomic mass is 10.2. The largest absolute Gasteiger partial charge is 0.478 e. The number of nitro groups is 1. The summed E-state index contributed by atoms with van der Waals surface area (Å²) in [6, 6.07) is 3.11. The molecule has 0 bridgehead atoms. The number of halogens is 2. The van der Waals surface area contributed by atoms with Gasteiger partial charge in [-0.05, 0) is 6.92 Å². The molecule has 0 atom stereocenters. The van der Waals surface area contributed by atoms with Crippen LogP contribution in [0.5, 0.6) is 5.75 Å². The van der Waals surface area contributed by atoms with E-state index in [-0.39, 0.29) is 33.7 Å². The first-order valence-electron chi connectivity index (χ1n) is 4.11. The molecule has 0 aliphatic heterocycles. The molecule has 0 unspecified atom stereocenters. The summed E-state index contributed by atoms with van der Waals surface area (Å²) in [5.41, 5.74) is -0.0586. The number of nitriles is 1. The third kappa shape index (κ3) is 2.35. The molecule has 5 nitrogen and oxygen atoms in total. The zero-order valence-electron chi connectivity index (χ0n) is 8.16. The van der Waals surface area contributed by atoms with Gasteiger partial charge in [-0.2, -0.15) is 5.26 Å². The topological polar surface area (TPSA) is 76.2 Å². The van der Waals surface area contributed by atoms with Gasteiger partial charge in [0.15, 0.2) is 6.61 Å². The van der Waals surface area contributed by atoms with Crippen LogP contribution in [-0.2, 0) is 0 Å². The molecule has 0 saturated carbocycles. The van der Waals surface area contributed by atoms with Gasteiger partial charge in [-0.15, -0.1) is 0 Å². The van der Waals surface area contributed by atoms with E-state index in [1.54, 1.807) is 6.07 Å². The van der Waals surface area contributed by atoms with Crippen LogP contribution in [0.15, 0.2) is 6.07 Å². The van der Waals surface area contributed by atoms with Gasteiger partial charge in [-0.25, -0.2) is 0 Å². The number of hydrogen-bond donors (Lipinski definition) is 0. The first-order valence-corrected chi connectivity index (χ1v) is 4.87. The molecule has 0 heterocycles. The number of ether oxygens (including phenoxy) is 1. The summed E-state index contributed by atoms with van der Waals surface area (Å²) in [4.78, 5) is 10.1. The normalized spacial score (nSPS) is 9.62. The third-order valence-electron chi connectivity index (χ3n) is 1.88. The Hall–Kier alpha value is -1.51. The Morgan fingerprint density at radius 1 is 1.62 bits per heavy atom. The van der Waals surface area contributed by atoms with Gasteiger partial charge in [0, 0.05) is 6.07 Å². The molecule has 16 heavy (non-hydrogen) atoms. The van der Waals surface area contributed by atoms with E-state index >= 15 is 0 Å². The third-order valence-corrected chi connectivity index (χ3v) is 2.65. The Morgan fingerprint density at radius 2 is 2.25 bits per heavy atom. The number of nitrogens with zero attached hydrogens (tertiary/aromatic N) is 2. The van der Waals surface area contributed by atoms with Crippen LogP contribution in [0.2, 0.25) is 10.0 Å². The summed E-state index contributed by atoms with van der Waals surface area (Å²) >= 11 is 11.4. The van der Waals surface area contributed by atoms with E-state index < -0.39 is 4.92 Å². The van der Waals surface area contributed by atoms with Crippen LogP contribution in [0.1, 0.15) is 5.56 Å². The number of nitro benzene ring substituents is 1. The fraction of sp³-hybridized carbons (Fsp3) is 0.222. The van der Waals surface area contributed by atoms with Crippen LogP contribution in [0.4, 0.5) is 5.69 Å². The second-order valence-corrected chi connectivity index (χ2v) is 3.63. The van der Waals surface area contributed by atoms with Crippen molar-refractivity contribution in [2.45, 2.75) is 6.92 Å². The Bertz CT molecular complexity index is 483. The van der Waals surface area contributed by atoms with Crippen LogP contribution in [0.25, 0.3) is 0 Å². The quantitative estimate of drug-likeness (QED) is 0.618. The molecule has 0 amide bonds. The second kappa shape index (κ2) is 5.01. The standard InChI is InChI=1S/C9H6Cl2N2O3/c1-5-7(16-3-2-12)4-6(10)8(11)9(5)13(14)15/h4H,3H2,1H3. The Morgan fingerprint density at radius 3 is 2.75 bits per heavy atom. The summed E-state index contributed by atoms with van der Waals surface area (Å²) in [6.45, 7) is 1.27. The van der Waals surface area contributed by atoms with Gasteiger partial charge >= 0.3 is 0 Å². The lowest BCUT2D eigenvalue weighted by Crippen LogP contribution is -2.00. The Labute approximate surface area is 101 Å². The van der Waals surface area contributed by atoms with E-state index in [1.807, 2.05) is 0 Å². The molecule has 7 heteroatoms. The second-order valence-electron chi connectivity index (χ2n) is 2.85. The smallest absolute Gasteiger partial charge is 0.295 e. The predicted octanol–water partition coefficient (Wildman–Crippen LogP) is 3.11. The van der Waals surface area contributed by atoms with Crippen LogP contribution >= 0.6 is 23.2 Å². The van der Waals surface area contributed by atoms with Crippen molar-refractivity contribution in [2.75, 3.05) is 6.61 Å². The molecule has 1 aromatic rings. The Balaban J connectivity index is 3.33. The van der Waals surface area contributed by atoms with E-state index in [2.05, 4.69) is 0 Å². The van der Waals surface area contributed by atoms with Gasteiger partial charge in [0.2, 0.25) is 0 Å². The zero-order chi connectivity index (χ0) is 12.3. The van der Waals surface area contributed by atoms with Crippen LogP contribution in [0, 0.1) is 28.4 Å². The first kappa shape index (κ1) is 12.6. The molecule has 0 aliphatic carbocycles. The van der Waals surface area contributed by atoms with Crippen molar-refractivity contribution in [3.8, 4) is 11.8 Å². The molecule has 0 aromatic heterocycles. The zero-order valence-corrected chi connectivity index (χ0v) is 9.67. The van der Waals surface area contributed by atoms with E-state index in [0.29, 0.717) is 0 Å². The molecule has 0 aliphatic rings. The molecular formula is C9H6Cl2N2O3. The maximum atomic E-state index is 10.8. The monoisotopic (exact) mass is 260 g/mol. The van der Waals surface area contributed by atoms with E-state index in [0.717, 1.165) is 0 Å². The average molecular weight is 261 g/mol. The van der Waals surface area contributed by atoms with Crippen LogP contribution in [0.3, 0.4) is 0 Å². The number of benzene rings is 1. The fourth-order valence-corrected chi connectivity index (χ4v) is 1.61. The highest BCUT2D eigenvalue weighted by atomic mass is 35.5. The summed E-state index contributed by atoms with van der Waals surface area (Å²) in [6.07, 6.45) is 0. The van der Waals surface area contributed by atoms with Gasteiger partial charge in [0.1, 0.15) is 16.8 Å². The predicted molar refractivity (Wildman–Crippen MR) is 59.0 cm³/mol. The molecule has 1 aromatic carbocycles. The maximum Gasteiger partial charge on any atom is 0.295 e.